The average Bonchev–Trinajstić information content (AvgIpc) is 2.79. The van der Waals surface area contributed by atoms with E-state index in [1.165, 1.54) is 0 Å². The molecule has 0 heterocycles. The number of amides is 2. The SMILES string of the molecule is COc1ccc(OC(C)C(=O)Nc2cccc(C(=O)N(C)c3ccccc3)c2)cc1. The normalized spacial score (nSPS) is 11.3. The Hall–Kier alpha value is -3.80. The molecule has 154 valence electrons. The van der Waals surface area contributed by atoms with E-state index in [0.717, 1.165) is 5.69 Å². The van der Waals surface area contributed by atoms with Crippen molar-refractivity contribution < 1.29 is 19.1 Å². The average molecular weight is 404 g/mol. The van der Waals surface area contributed by atoms with Crippen LogP contribution in [0.15, 0.2) is 78.9 Å². The molecule has 0 bridgehead atoms. The first-order chi connectivity index (χ1) is 14.5. The van der Waals surface area contributed by atoms with E-state index < -0.39 is 6.10 Å². The van der Waals surface area contributed by atoms with Gasteiger partial charge < -0.3 is 19.7 Å². The van der Waals surface area contributed by atoms with Gasteiger partial charge in [0.05, 0.1) is 7.11 Å². The molecule has 1 N–H and O–H groups in total. The zero-order valence-electron chi connectivity index (χ0n) is 17.2. The summed E-state index contributed by atoms with van der Waals surface area (Å²) in [4.78, 5) is 26.9. The van der Waals surface area contributed by atoms with Crippen LogP contribution in [-0.2, 0) is 4.79 Å². The number of carbonyl (C=O) groups is 2. The van der Waals surface area contributed by atoms with E-state index in [0.29, 0.717) is 22.7 Å². The van der Waals surface area contributed by atoms with E-state index in [-0.39, 0.29) is 11.8 Å². The molecule has 3 aromatic rings. The Bertz CT molecular complexity index is 1000. The number of hydrogen-bond donors (Lipinski definition) is 1. The summed E-state index contributed by atoms with van der Waals surface area (Å²) in [6, 6.07) is 23.2. The third-order valence-electron chi connectivity index (χ3n) is 4.57. The first-order valence-corrected chi connectivity index (χ1v) is 9.52. The highest BCUT2D eigenvalue weighted by molar-refractivity contribution is 6.06. The molecule has 30 heavy (non-hydrogen) atoms. The van der Waals surface area contributed by atoms with Crippen molar-refractivity contribution in [1.29, 1.82) is 0 Å². The number of carbonyl (C=O) groups excluding carboxylic acids is 2. The fourth-order valence-corrected chi connectivity index (χ4v) is 2.85. The van der Waals surface area contributed by atoms with E-state index in [1.807, 2.05) is 30.3 Å². The molecule has 0 radical (unpaired) electrons. The summed E-state index contributed by atoms with van der Waals surface area (Å²) < 4.78 is 10.8. The molecule has 0 saturated carbocycles. The minimum atomic E-state index is -0.718. The van der Waals surface area contributed by atoms with Crippen LogP contribution >= 0.6 is 0 Å². The first-order valence-electron chi connectivity index (χ1n) is 9.52. The molecule has 0 fully saturated rings. The smallest absolute Gasteiger partial charge is 0.265 e. The predicted molar refractivity (Wildman–Crippen MR) is 117 cm³/mol. The van der Waals surface area contributed by atoms with Crippen molar-refractivity contribution in [3.8, 4) is 11.5 Å². The van der Waals surface area contributed by atoms with E-state index in [1.54, 1.807) is 74.5 Å². The van der Waals surface area contributed by atoms with Crippen molar-refractivity contribution in [1.82, 2.24) is 0 Å². The lowest BCUT2D eigenvalue weighted by molar-refractivity contribution is -0.122. The topological polar surface area (TPSA) is 67.9 Å². The molecule has 6 heteroatoms. The molecule has 3 rings (SSSR count). The van der Waals surface area contributed by atoms with Crippen LogP contribution in [0.3, 0.4) is 0 Å². The van der Waals surface area contributed by atoms with Gasteiger partial charge in [0.1, 0.15) is 11.5 Å². The molecule has 0 spiro atoms. The van der Waals surface area contributed by atoms with E-state index in [2.05, 4.69) is 5.32 Å². The second-order valence-electron chi connectivity index (χ2n) is 6.71. The highest BCUT2D eigenvalue weighted by Gasteiger charge is 2.17. The van der Waals surface area contributed by atoms with Gasteiger partial charge in [-0.15, -0.1) is 0 Å². The Balaban J connectivity index is 1.65. The van der Waals surface area contributed by atoms with E-state index >= 15 is 0 Å². The molecule has 1 unspecified atom stereocenters. The van der Waals surface area contributed by atoms with Crippen LogP contribution in [0.5, 0.6) is 11.5 Å². The van der Waals surface area contributed by atoms with Gasteiger partial charge in [-0.05, 0) is 61.5 Å². The molecule has 2 amide bonds. The van der Waals surface area contributed by atoms with Gasteiger partial charge in [0.2, 0.25) is 0 Å². The Kier molecular flexibility index (Phi) is 6.70. The molecule has 0 aliphatic rings. The summed E-state index contributed by atoms with van der Waals surface area (Å²) in [6.07, 6.45) is -0.718. The van der Waals surface area contributed by atoms with Crippen LogP contribution in [0.2, 0.25) is 0 Å². The molecule has 1 atom stereocenters. The van der Waals surface area contributed by atoms with Crippen LogP contribution < -0.4 is 19.7 Å². The molecular formula is C24H24N2O4. The van der Waals surface area contributed by atoms with Crippen molar-refractivity contribution in [2.24, 2.45) is 0 Å². The number of ether oxygens (including phenoxy) is 2. The molecule has 0 aliphatic carbocycles. The number of para-hydroxylation sites is 1. The second-order valence-corrected chi connectivity index (χ2v) is 6.71. The van der Waals surface area contributed by atoms with Crippen LogP contribution in [0.25, 0.3) is 0 Å². The zero-order chi connectivity index (χ0) is 21.5. The van der Waals surface area contributed by atoms with Crippen molar-refractivity contribution in [2.45, 2.75) is 13.0 Å². The molecule has 6 nitrogen and oxygen atoms in total. The van der Waals surface area contributed by atoms with Gasteiger partial charge in [-0.3, -0.25) is 9.59 Å². The number of benzene rings is 3. The highest BCUT2D eigenvalue weighted by Crippen LogP contribution is 2.20. The Morgan fingerprint density at radius 1 is 0.900 bits per heavy atom. The van der Waals surface area contributed by atoms with Gasteiger partial charge in [0.25, 0.3) is 11.8 Å². The minimum absolute atomic E-state index is 0.167. The molecule has 0 saturated heterocycles. The first kappa shape index (κ1) is 20.9. The Morgan fingerprint density at radius 3 is 2.23 bits per heavy atom. The highest BCUT2D eigenvalue weighted by atomic mass is 16.5. The lowest BCUT2D eigenvalue weighted by atomic mass is 10.1. The van der Waals surface area contributed by atoms with Crippen LogP contribution in [0.4, 0.5) is 11.4 Å². The monoisotopic (exact) mass is 404 g/mol. The van der Waals surface area contributed by atoms with Crippen molar-refractivity contribution in [3.05, 3.63) is 84.4 Å². The lowest BCUT2D eigenvalue weighted by Gasteiger charge is -2.18. The molecular weight excluding hydrogens is 380 g/mol. The summed E-state index contributed by atoms with van der Waals surface area (Å²) in [7, 11) is 3.30. The summed E-state index contributed by atoms with van der Waals surface area (Å²) in [6.45, 7) is 1.66. The van der Waals surface area contributed by atoms with Crippen molar-refractivity contribution in [3.63, 3.8) is 0 Å². The predicted octanol–water partition coefficient (Wildman–Crippen LogP) is 4.38. The van der Waals surface area contributed by atoms with E-state index in [9.17, 15) is 9.59 Å². The van der Waals surface area contributed by atoms with E-state index in [4.69, 9.17) is 9.47 Å². The van der Waals surface area contributed by atoms with Crippen LogP contribution in [0, 0.1) is 0 Å². The molecule has 3 aromatic carbocycles. The fraction of sp³-hybridized carbons (Fsp3) is 0.167. The Labute approximate surface area is 176 Å². The molecule has 0 aromatic heterocycles. The molecule has 0 aliphatic heterocycles. The maximum Gasteiger partial charge on any atom is 0.265 e. The lowest BCUT2D eigenvalue weighted by Crippen LogP contribution is -2.30. The van der Waals surface area contributed by atoms with Gasteiger partial charge in [-0.2, -0.15) is 0 Å². The van der Waals surface area contributed by atoms with Gasteiger partial charge in [-0.25, -0.2) is 0 Å². The summed E-state index contributed by atoms with van der Waals surface area (Å²) in [5.41, 5.74) is 1.79. The number of nitrogens with one attached hydrogen (secondary N) is 1. The standard InChI is InChI=1S/C24H24N2O4/c1-17(30-22-14-12-21(29-3)13-15-22)23(27)25-19-9-7-8-18(16-19)24(28)26(2)20-10-5-4-6-11-20/h4-17H,1-3H3,(H,25,27). The minimum Gasteiger partial charge on any atom is -0.497 e. The number of anilines is 2. The Morgan fingerprint density at radius 2 is 1.57 bits per heavy atom. The quantitative estimate of drug-likeness (QED) is 0.635. The van der Waals surface area contributed by atoms with Gasteiger partial charge in [-0.1, -0.05) is 24.3 Å². The van der Waals surface area contributed by atoms with Crippen molar-refractivity contribution in [2.75, 3.05) is 24.4 Å². The summed E-state index contributed by atoms with van der Waals surface area (Å²) in [5, 5.41) is 2.80. The summed E-state index contributed by atoms with van der Waals surface area (Å²) >= 11 is 0. The zero-order valence-corrected chi connectivity index (χ0v) is 17.2. The maximum atomic E-state index is 12.8. The maximum absolute atomic E-state index is 12.8. The summed E-state index contributed by atoms with van der Waals surface area (Å²) in [5.74, 6) is 0.792. The number of hydrogen-bond acceptors (Lipinski definition) is 4. The van der Waals surface area contributed by atoms with Crippen molar-refractivity contribution >= 4 is 23.2 Å². The van der Waals surface area contributed by atoms with Crippen LogP contribution in [-0.4, -0.2) is 32.1 Å². The third-order valence-corrected chi connectivity index (χ3v) is 4.57. The number of rotatable bonds is 7. The van der Waals surface area contributed by atoms with Gasteiger partial charge in [0.15, 0.2) is 6.10 Å². The van der Waals surface area contributed by atoms with Gasteiger partial charge in [0, 0.05) is 24.0 Å². The fourth-order valence-electron chi connectivity index (χ4n) is 2.85. The van der Waals surface area contributed by atoms with Crippen LogP contribution in [0.1, 0.15) is 17.3 Å². The largest absolute Gasteiger partial charge is 0.497 e. The number of methoxy groups -OCH3 is 1. The second kappa shape index (κ2) is 9.60. The third kappa shape index (κ3) is 5.17. The number of nitrogens with zero attached hydrogens (tertiary/aromatic N) is 1. The van der Waals surface area contributed by atoms with Gasteiger partial charge >= 0.3 is 0 Å².